The average Bonchev–Trinajstić information content (AvgIpc) is 2.67. The largest absolute Gasteiger partial charge is 0.489 e. The summed E-state index contributed by atoms with van der Waals surface area (Å²) < 4.78 is 5.89. The van der Waals surface area contributed by atoms with Gasteiger partial charge in [0.25, 0.3) is 0 Å². The lowest BCUT2D eigenvalue weighted by molar-refractivity contribution is -0.0142. The van der Waals surface area contributed by atoms with Crippen molar-refractivity contribution in [2.75, 3.05) is 0 Å². The van der Waals surface area contributed by atoms with Crippen LogP contribution in [0.15, 0.2) is 42.5 Å². The van der Waals surface area contributed by atoms with Crippen LogP contribution in [0.2, 0.25) is 10.0 Å². The third-order valence-electron chi connectivity index (χ3n) is 7.10. The number of halogens is 2. The van der Waals surface area contributed by atoms with Crippen LogP contribution in [0.25, 0.3) is 0 Å². The molecule has 0 radical (unpaired) electrons. The molecule has 4 fully saturated rings. The first kappa shape index (κ1) is 18.8. The molecule has 2 aromatic carbocycles. The van der Waals surface area contributed by atoms with Crippen LogP contribution in [-0.2, 0) is 13.2 Å². The minimum atomic E-state index is 0.446. The maximum atomic E-state index is 6.22. The monoisotopic (exact) mass is 415 g/mol. The fourth-order valence-corrected chi connectivity index (χ4v) is 6.46. The Balaban J connectivity index is 1.15. The van der Waals surface area contributed by atoms with Crippen LogP contribution in [-0.4, -0.2) is 6.04 Å². The van der Waals surface area contributed by atoms with Crippen molar-refractivity contribution in [3.63, 3.8) is 0 Å². The van der Waals surface area contributed by atoms with Crippen LogP contribution in [0.3, 0.4) is 0 Å². The van der Waals surface area contributed by atoms with Gasteiger partial charge in [-0.25, -0.2) is 0 Å². The van der Waals surface area contributed by atoms with Crippen molar-refractivity contribution in [3.8, 4) is 5.75 Å². The predicted molar refractivity (Wildman–Crippen MR) is 115 cm³/mol. The average molecular weight is 416 g/mol. The Kier molecular flexibility index (Phi) is 5.30. The zero-order valence-corrected chi connectivity index (χ0v) is 17.6. The molecular weight excluding hydrogens is 389 g/mol. The second kappa shape index (κ2) is 7.89. The Morgan fingerprint density at radius 3 is 2.18 bits per heavy atom. The zero-order valence-electron chi connectivity index (χ0n) is 16.0. The molecule has 2 nitrogen and oxygen atoms in total. The van der Waals surface area contributed by atoms with E-state index in [9.17, 15) is 0 Å². The number of ether oxygens (including phenoxy) is 1. The first-order chi connectivity index (χ1) is 13.6. The molecule has 0 unspecified atom stereocenters. The SMILES string of the molecule is Clc1ccc(COc2ccc(CNC3C4CC5CC(C4)CC3C5)cc2)c(Cl)c1. The fourth-order valence-electron chi connectivity index (χ4n) is 6.00. The molecule has 0 amide bonds. The van der Waals surface area contributed by atoms with Crippen LogP contribution in [0, 0.1) is 23.7 Å². The number of hydrogen-bond acceptors (Lipinski definition) is 2. The first-order valence-corrected chi connectivity index (χ1v) is 11.3. The second-order valence-electron chi connectivity index (χ2n) is 9.01. The number of hydrogen-bond donors (Lipinski definition) is 1. The van der Waals surface area contributed by atoms with E-state index >= 15 is 0 Å². The highest BCUT2D eigenvalue weighted by Crippen LogP contribution is 2.53. The van der Waals surface area contributed by atoms with Crippen molar-refractivity contribution in [2.45, 2.75) is 51.3 Å². The lowest BCUT2D eigenvalue weighted by Crippen LogP contribution is -2.54. The third kappa shape index (κ3) is 3.92. The molecular formula is C24H27Cl2NO. The van der Waals surface area contributed by atoms with Gasteiger partial charge in [0, 0.05) is 28.2 Å². The molecule has 4 saturated carbocycles. The fraction of sp³-hybridized carbons (Fsp3) is 0.500. The Morgan fingerprint density at radius 2 is 1.54 bits per heavy atom. The molecule has 2 aromatic rings. The lowest BCUT2D eigenvalue weighted by Gasteiger charge is -2.54. The quantitative estimate of drug-likeness (QED) is 0.581. The van der Waals surface area contributed by atoms with Crippen molar-refractivity contribution >= 4 is 23.2 Å². The van der Waals surface area contributed by atoms with E-state index < -0.39 is 0 Å². The Hall–Kier alpha value is -1.22. The summed E-state index contributed by atoms with van der Waals surface area (Å²) in [6, 6.07) is 14.7. The summed E-state index contributed by atoms with van der Waals surface area (Å²) in [6.07, 6.45) is 7.37. The molecule has 4 bridgehead atoms. The normalized spacial score (nSPS) is 30.6. The van der Waals surface area contributed by atoms with Crippen LogP contribution in [0.5, 0.6) is 5.75 Å². The summed E-state index contributed by atoms with van der Waals surface area (Å²) in [5.41, 5.74) is 2.27. The van der Waals surface area contributed by atoms with E-state index in [2.05, 4.69) is 29.6 Å². The molecule has 0 spiro atoms. The minimum absolute atomic E-state index is 0.446. The standard InChI is InChI=1S/C24H27Cl2NO/c25-21-4-3-18(23(26)12-21)14-28-22-5-1-15(2-6-22)13-27-24-19-8-16-7-17(10-19)11-20(24)9-16/h1-6,12,16-17,19-20,24,27H,7-11,13-14H2. The molecule has 0 saturated heterocycles. The van der Waals surface area contributed by atoms with Gasteiger partial charge in [-0.15, -0.1) is 0 Å². The van der Waals surface area contributed by atoms with E-state index in [1.54, 1.807) is 6.07 Å². The minimum Gasteiger partial charge on any atom is -0.489 e. The van der Waals surface area contributed by atoms with Crippen molar-refractivity contribution in [1.82, 2.24) is 5.32 Å². The van der Waals surface area contributed by atoms with Gasteiger partial charge in [0.15, 0.2) is 0 Å². The summed E-state index contributed by atoms with van der Waals surface area (Å²) in [4.78, 5) is 0. The maximum Gasteiger partial charge on any atom is 0.119 e. The van der Waals surface area contributed by atoms with Gasteiger partial charge in [0.2, 0.25) is 0 Å². The summed E-state index contributed by atoms with van der Waals surface area (Å²) in [7, 11) is 0. The summed E-state index contributed by atoms with van der Waals surface area (Å²) in [5.74, 6) is 4.77. The lowest BCUT2D eigenvalue weighted by atomic mass is 9.54. The summed E-state index contributed by atoms with van der Waals surface area (Å²) >= 11 is 12.2. The number of rotatable bonds is 6. The summed E-state index contributed by atoms with van der Waals surface area (Å²) in [6.45, 7) is 1.40. The highest BCUT2D eigenvalue weighted by molar-refractivity contribution is 6.35. The van der Waals surface area contributed by atoms with E-state index in [0.717, 1.165) is 47.6 Å². The molecule has 0 atom stereocenters. The number of benzene rings is 2. The van der Waals surface area contributed by atoms with Gasteiger partial charge in [-0.3, -0.25) is 0 Å². The van der Waals surface area contributed by atoms with E-state index in [0.29, 0.717) is 16.7 Å². The van der Waals surface area contributed by atoms with Crippen molar-refractivity contribution in [3.05, 3.63) is 63.6 Å². The highest BCUT2D eigenvalue weighted by atomic mass is 35.5. The van der Waals surface area contributed by atoms with Gasteiger partial charge in [0.1, 0.15) is 12.4 Å². The first-order valence-electron chi connectivity index (χ1n) is 10.5. The van der Waals surface area contributed by atoms with Gasteiger partial charge < -0.3 is 10.1 Å². The van der Waals surface area contributed by atoms with Gasteiger partial charge in [0.05, 0.1) is 0 Å². The highest BCUT2D eigenvalue weighted by Gasteiger charge is 2.47. The second-order valence-corrected chi connectivity index (χ2v) is 9.85. The molecule has 6 rings (SSSR count). The van der Waals surface area contributed by atoms with Gasteiger partial charge in [-0.2, -0.15) is 0 Å². The maximum absolute atomic E-state index is 6.22. The molecule has 4 aliphatic rings. The molecule has 28 heavy (non-hydrogen) atoms. The Labute approximate surface area is 177 Å². The van der Waals surface area contributed by atoms with Crippen molar-refractivity contribution in [2.24, 2.45) is 23.7 Å². The molecule has 4 aliphatic carbocycles. The number of nitrogens with one attached hydrogen (secondary N) is 1. The topological polar surface area (TPSA) is 21.3 Å². The Morgan fingerprint density at radius 1 is 0.857 bits per heavy atom. The molecule has 0 aromatic heterocycles. The molecule has 1 N–H and O–H groups in total. The van der Waals surface area contributed by atoms with E-state index in [4.69, 9.17) is 27.9 Å². The molecule has 4 heteroatoms. The molecule has 0 heterocycles. The predicted octanol–water partition coefficient (Wildman–Crippen LogP) is 6.49. The van der Waals surface area contributed by atoms with Crippen molar-refractivity contribution in [1.29, 1.82) is 0 Å². The van der Waals surface area contributed by atoms with E-state index in [1.165, 1.54) is 37.7 Å². The smallest absolute Gasteiger partial charge is 0.119 e. The van der Waals surface area contributed by atoms with Crippen LogP contribution < -0.4 is 10.1 Å². The Bertz CT molecular complexity index is 807. The van der Waals surface area contributed by atoms with Gasteiger partial charge in [-0.05, 0) is 85.6 Å². The van der Waals surface area contributed by atoms with E-state index in [1.807, 2.05) is 12.1 Å². The molecule has 148 valence electrons. The van der Waals surface area contributed by atoms with Crippen LogP contribution >= 0.6 is 23.2 Å². The third-order valence-corrected chi connectivity index (χ3v) is 7.69. The van der Waals surface area contributed by atoms with Crippen LogP contribution in [0.1, 0.15) is 43.2 Å². The van der Waals surface area contributed by atoms with Crippen LogP contribution in [0.4, 0.5) is 0 Å². The van der Waals surface area contributed by atoms with Gasteiger partial charge in [-0.1, -0.05) is 41.4 Å². The molecule has 0 aliphatic heterocycles. The van der Waals surface area contributed by atoms with E-state index in [-0.39, 0.29) is 0 Å². The van der Waals surface area contributed by atoms with Crippen molar-refractivity contribution < 1.29 is 4.74 Å². The van der Waals surface area contributed by atoms with Gasteiger partial charge >= 0.3 is 0 Å². The summed E-state index contributed by atoms with van der Waals surface area (Å²) in [5, 5.41) is 5.19. The zero-order chi connectivity index (χ0) is 19.1.